The van der Waals surface area contributed by atoms with Crippen LogP contribution in [0.15, 0.2) is 36.4 Å². The van der Waals surface area contributed by atoms with Gasteiger partial charge < -0.3 is 14.2 Å². The van der Waals surface area contributed by atoms with E-state index in [0.29, 0.717) is 5.75 Å². The predicted molar refractivity (Wildman–Crippen MR) is 72.5 cm³/mol. The summed E-state index contributed by atoms with van der Waals surface area (Å²) in [6.07, 6.45) is 5.57. The summed E-state index contributed by atoms with van der Waals surface area (Å²) in [5.74, 6) is 4.92. The van der Waals surface area contributed by atoms with Crippen molar-refractivity contribution in [1.82, 2.24) is 0 Å². The molecular weight excluding hydrogens is 240 g/mol. The SMILES string of the molecule is C#Cc1cc2c(cc1-c1ccc(OC)cc1)OCO2. The lowest BCUT2D eigenvalue weighted by Crippen LogP contribution is -1.92. The fraction of sp³-hybridized carbons (Fsp3) is 0.125. The third-order valence-electron chi connectivity index (χ3n) is 3.07. The second kappa shape index (κ2) is 4.58. The summed E-state index contributed by atoms with van der Waals surface area (Å²) in [6, 6.07) is 11.5. The van der Waals surface area contributed by atoms with Crippen LogP contribution < -0.4 is 14.2 Å². The Kier molecular flexibility index (Phi) is 2.77. The van der Waals surface area contributed by atoms with Crippen LogP contribution in [0.3, 0.4) is 0 Å². The Hall–Kier alpha value is -2.60. The van der Waals surface area contributed by atoms with Crippen molar-refractivity contribution < 1.29 is 14.2 Å². The van der Waals surface area contributed by atoms with Gasteiger partial charge >= 0.3 is 0 Å². The fourth-order valence-corrected chi connectivity index (χ4v) is 2.07. The molecule has 3 nitrogen and oxygen atoms in total. The molecule has 94 valence electrons. The Balaban J connectivity index is 2.10. The summed E-state index contributed by atoms with van der Waals surface area (Å²) < 4.78 is 15.9. The number of ether oxygens (including phenoxy) is 3. The molecule has 19 heavy (non-hydrogen) atoms. The Morgan fingerprint density at radius 2 is 1.79 bits per heavy atom. The molecule has 2 aromatic carbocycles. The van der Waals surface area contributed by atoms with E-state index in [1.807, 2.05) is 36.4 Å². The molecule has 1 aliphatic rings. The molecule has 2 aromatic rings. The Bertz CT molecular complexity index is 651. The van der Waals surface area contributed by atoms with Crippen LogP contribution in [0.1, 0.15) is 5.56 Å². The van der Waals surface area contributed by atoms with E-state index in [9.17, 15) is 0 Å². The van der Waals surface area contributed by atoms with Crippen molar-refractivity contribution in [2.24, 2.45) is 0 Å². The van der Waals surface area contributed by atoms with Gasteiger partial charge in [0.15, 0.2) is 11.5 Å². The van der Waals surface area contributed by atoms with Gasteiger partial charge in [-0.1, -0.05) is 18.1 Å². The molecule has 0 saturated carbocycles. The van der Waals surface area contributed by atoms with E-state index in [0.717, 1.165) is 28.2 Å². The molecule has 0 aliphatic carbocycles. The second-order valence-electron chi connectivity index (χ2n) is 4.12. The van der Waals surface area contributed by atoms with Gasteiger partial charge in [0.2, 0.25) is 6.79 Å². The minimum absolute atomic E-state index is 0.241. The monoisotopic (exact) mass is 252 g/mol. The van der Waals surface area contributed by atoms with E-state index in [-0.39, 0.29) is 6.79 Å². The Labute approximate surface area is 111 Å². The molecule has 1 aliphatic heterocycles. The van der Waals surface area contributed by atoms with Crippen LogP contribution in [0.4, 0.5) is 0 Å². The number of hydrogen-bond acceptors (Lipinski definition) is 3. The molecule has 0 radical (unpaired) electrons. The van der Waals surface area contributed by atoms with E-state index in [2.05, 4.69) is 5.92 Å². The third-order valence-corrected chi connectivity index (χ3v) is 3.07. The molecule has 0 atom stereocenters. The standard InChI is InChI=1S/C16H12O3/c1-3-11-8-15-16(19-10-18-15)9-14(11)12-4-6-13(17-2)7-5-12/h1,4-9H,10H2,2H3. The van der Waals surface area contributed by atoms with E-state index < -0.39 is 0 Å². The van der Waals surface area contributed by atoms with Gasteiger partial charge in [-0.3, -0.25) is 0 Å². The molecule has 3 heteroatoms. The van der Waals surface area contributed by atoms with Crippen molar-refractivity contribution in [3.05, 3.63) is 42.0 Å². The summed E-state index contributed by atoms with van der Waals surface area (Å²) in [5, 5.41) is 0. The first kappa shape index (κ1) is 11.5. The first-order valence-electron chi connectivity index (χ1n) is 5.86. The summed E-state index contributed by atoms with van der Waals surface area (Å²) in [5.41, 5.74) is 2.76. The molecule has 0 amide bonds. The molecule has 0 aromatic heterocycles. The summed E-state index contributed by atoms with van der Waals surface area (Å²) in [6.45, 7) is 0.241. The van der Waals surface area contributed by atoms with Crippen molar-refractivity contribution in [1.29, 1.82) is 0 Å². The van der Waals surface area contributed by atoms with Gasteiger partial charge in [0.1, 0.15) is 5.75 Å². The highest BCUT2D eigenvalue weighted by atomic mass is 16.7. The number of methoxy groups -OCH3 is 1. The zero-order valence-electron chi connectivity index (χ0n) is 10.5. The van der Waals surface area contributed by atoms with Crippen LogP contribution >= 0.6 is 0 Å². The minimum Gasteiger partial charge on any atom is -0.497 e. The van der Waals surface area contributed by atoms with Crippen LogP contribution in [-0.4, -0.2) is 13.9 Å². The van der Waals surface area contributed by atoms with Crippen molar-refractivity contribution >= 4 is 0 Å². The van der Waals surface area contributed by atoms with Gasteiger partial charge in [-0.15, -0.1) is 6.42 Å². The normalized spacial score (nSPS) is 12.0. The van der Waals surface area contributed by atoms with Gasteiger partial charge in [-0.05, 0) is 23.8 Å². The quantitative estimate of drug-likeness (QED) is 0.769. The molecule has 0 spiro atoms. The molecular formula is C16H12O3. The lowest BCUT2D eigenvalue weighted by Gasteiger charge is -2.08. The van der Waals surface area contributed by atoms with Gasteiger partial charge in [0.25, 0.3) is 0 Å². The third kappa shape index (κ3) is 1.98. The van der Waals surface area contributed by atoms with E-state index in [1.54, 1.807) is 7.11 Å². The average molecular weight is 252 g/mol. The molecule has 3 rings (SSSR count). The molecule has 0 bridgehead atoms. The van der Waals surface area contributed by atoms with Crippen LogP contribution in [0.5, 0.6) is 17.2 Å². The molecule has 1 heterocycles. The number of rotatable bonds is 2. The van der Waals surface area contributed by atoms with E-state index in [1.165, 1.54) is 0 Å². The van der Waals surface area contributed by atoms with Crippen molar-refractivity contribution in [2.75, 3.05) is 13.9 Å². The number of benzene rings is 2. The Morgan fingerprint density at radius 1 is 1.11 bits per heavy atom. The lowest BCUT2D eigenvalue weighted by atomic mass is 9.99. The van der Waals surface area contributed by atoms with Crippen molar-refractivity contribution in [3.8, 4) is 40.7 Å². The average Bonchev–Trinajstić information content (AvgIpc) is 2.93. The second-order valence-corrected chi connectivity index (χ2v) is 4.12. The highest BCUT2D eigenvalue weighted by molar-refractivity contribution is 5.75. The highest BCUT2D eigenvalue weighted by Gasteiger charge is 2.17. The summed E-state index contributed by atoms with van der Waals surface area (Å²) in [7, 11) is 1.64. The highest BCUT2D eigenvalue weighted by Crippen LogP contribution is 2.38. The number of terminal acetylenes is 1. The van der Waals surface area contributed by atoms with Crippen LogP contribution in [0.2, 0.25) is 0 Å². The fourth-order valence-electron chi connectivity index (χ4n) is 2.07. The van der Waals surface area contributed by atoms with Crippen LogP contribution in [0.25, 0.3) is 11.1 Å². The maximum Gasteiger partial charge on any atom is 0.231 e. The largest absolute Gasteiger partial charge is 0.497 e. The molecule has 0 unspecified atom stereocenters. The lowest BCUT2D eigenvalue weighted by molar-refractivity contribution is 0.174. The number of hydrogen-bond donors (Lipinski definition) is 0. The summed E-state index contributed by atoms with van der Waals surface area (Å²) in [4.78, 5) is 0. The summed E-state index contributed by atoms with van der Waals surface area (Å²) >= 11 is 0. The number of fused-ring (bicyclic) bond motifs is 1. The molecule has 0 saturated heterocycles. The van der Waals surface area contributed by atoms with Gasteiger partial charge in [-0.25, -0.2) is 0 Å². The molecule has 0 N–H and O–H groups in total. The van der Waals surface area contributed by atoms with E-state index in [4.69, 9.17) is 20.6 Å². The van der Waals surface area contributed by atoms with E-state index >= 15 is 0 Å². The van der Waals surface area contributed by atoms with Crippen molar-refractivity contribution in [2.45, 2.75) is 0 Å². The van der Waals surface area contributed by atoms with Gasteiger partial charge in [0, 0.05) is 17.2 Å². The van der Waals surface area contributed by atoms with Gasteiger partial charge in [0.05, 0.1) is 7.11 Å². The Morgan fingerprint density at radius 3 is 2.42 bits per heavy atom. The first-order valence-corrected chi connectivity index (χ1v) is 5.86. The minimum atomic E-state index is 0.241. The van der Waals surface area contributed by atoms with Crippen molar-refractivity contribution in [3.63, 3.8) is 0 Å². The van der Waals surface area contributed by atoms with Crippen LogP contribution in [0, 0.1) is 12.3 Å². The maximum absolute atomic E-state index is 5.57. The van der Waals surface area contributed by atoms with Crippen LogP contribution in [-0.2, 0) is 0 Å². The smallest absolute Gasteiger partial charge is 0.231 e. The zero-order valence-corrected chi connectivity index (χ0v) is 10.5. The topological polar surface area (TPSA) is 27.7 Å². The first-order chi connectivity index (χ1) is 9.31. The maximum atomic E-state index is 5.57. The van der Waals surface area contributed by atoms with Gasteiger partial charge in [-0.2, -0.15) is 0 Å². The molecule has 0 fully saturated rings. The predicted octanol–water partition coefficient (Wildman–Crippen LogP) is 3.07. The zero-order chi connectivity index (χ0) is 13.2.